The van der Waals surface area contributed by atoms with Gasteiger partial charge in [0, 0.05) is 6.54 Å². The van der Waals surface area contributed by atoms with Crippen molar-refractivity contribution in [2.45, 2.75) is 32.1 Å². The molecule has 4 nitrogen and oxygen atoms in total. The minimum absolute atomic E-state index is 0.00491. The van der Waals surface area contributed by atoms with Crippen LogP contribution in [0.1, 0.15) is 37.7 Å². The number of nitrogens with zero attached hydrogens (tertiary/aromatic N) is 1. The van der Waals surface area contributed by atoms with Crippen LogP contribution in [0.2, 0.25) is 0 Å². The number of hydrogen-bond donors (Lipinski definition) is 1. The third-order valence-corrected chi connectivity index (χ3v) is 3.51. The first kappa shape index (κ1) is 15.1. The molecule has 0 spiro atoms. The molecule has 21 heavy (non-hydrogen) atoms. The van der Waals surface area contributed by atoms with E-state index in [1.165, 1.54) is 24.8 Å². The summed E-state index contributed by atoms with van der Waals surface area (Å²) in [4.78, 5) is 11.7. The van der Waals surface area contributed by atoms with Gasteiger partial charge in [-0.2, -0.15) is 5.26 Å². The predicted molar refractivity (Wildman–Crippen MR) is 80.8 cm³/mol. The van der Waals surface area contributed by atoms with E-state index < -0.39 is 0 Å². The topological polar surface area (TPSA) is 62.1 Å². The number of amides is 1. The highest BCUT2D eigenvalue weighted by molar-refractivity contribution is 5.77. The van der Waals surface area contributed by atoms with Crippen LogP contribution in [0.15, 0.2) is 35.9 Å². The molecule has 0 aromatic heterocycles. The van der Waals surface area contributed by atoms with Gasteiger partial charge in [-0.15, -0.1) is 0 Å². The Balaban J connectivity index is 1.65. The molecule has 0 radical (unpaired) electrons. The zero-order chi connectivity index (χ0) is 14.9. The Morgan fingerprint density at radius 3 is 2.76 bits per heavy atom. The molecule has 0 atom stereocenters. The molecule has 0 saturated heterocycles. The van der Waals surface area contributed by atoms with E-state index in [9.17, 15) is 4.79 Å². The summed E-state index contributed by atoms with van der Waals surface area (Å²) in [6.45, 7) is 0.673. The van der Waals surface area contributed by atoms with Gasteiger partial charge in [0.25, 0.3) is 5.91 Å². The van der Waals surface area contributed by atoms with Crippen molar-refractivity contribution in [1.29, 1.82) is 5.26 Å². The molecule has 0 bridgehead atoms. The predicted octanol–water partition coefficient (Wildman–Crippen LogP) is 2.94. The number of hydrogen-bond acceptors (Lipinski definition) is 3. The highest BCUT2D eigenvalue weighted by Gasteiger charge is 2.06. The molecule has 1 aliphatic rings. The first-order valence-corrected chi connectivity index (χ1v) is 7.35. The van der Waals surface area contributed by atoms with Crippen molar-refractivity contribution in [2.75, 3.05) is 13.2 Å². The maximum absolute atomic E-state index is 11.7. The van der Waals surface area contributed by atoms with Gasteiger partial charge in [-0.25, -0.2) is 0 Å². The van der Waals surface area contributed by atoms with Crippen molar-refractivity contribution < 1.29 is 9.53 Å². The molecule has 1 N–H and O–H groups in total. The lowest BCUT2D eigenvalue weighted by molar-refractivity contribution is -0.123. The molecule has 0 aliphatic heterocycles. The molecule has 110 valence electrons. The summed E-state index contributed by atoms with van der Waals surface area (Å²) in [5.74, 6) is 0.481. The van der Waals surface area contributed by atoms with Crippen LogP contribution in [0.25, 0.3) is 0 Å². The molecule has 0 saturated carbocycles. The van der Waals surface area contributed by atoms with Gasteiger partial charge in [-0.3, -0.25) is 4.79 Å². The van der Waals surface area contributed by atoms with Gasteiger partial charge < -0.3 is 10.1 Å². The number of nitrogens with one attached hydrogen (secondary N) is 1. The quantitative estimate of drug-likeness (QED) is 0.817. The third kappa shape index (κ3) is 5.31. The molecular formula is C17H20N2O2. The highest BCUT2D eigenvalue weighted by atomic mass is 16.5. The Morgan fingerprint density at radius 2 is 2.10 bits per heavy atom. The minimum atomic E-state index is -0.115. The van der Waals surface area contributed by atoms with Gasteiger partial charge in [-0.05, 0) is 56.4 Å². The van der Waals surface area contributed by atoms with Crippen molar-refractivity contribution in [3.8, 4) is 11.8 Å². The number of benzene rings is 1. The van der Waals surface area contributed by atoms with Crippen molar-refractivity contribution in [2.24, 2.45) is 0 Å². The summed E-state index contributed by atoms with van der Waals surface area (Å²) in [7, 11) is 0. The monoisotopic (exact) mass is 284 g/mol. The van der Waals surface area contributed by atoms with Crippen LogP contribution < -0.4 is 10.1 Å². The molecule has 1 aromatic carbocycles. The van der Waals surface area contributed by atoms with E-state index >= 15 is 0 Å². The Bertz CT molecular complexity index is 541. The number of carbonyl (C=O) groups is 1. The molecule has 0 heterocycles. The molecule has 0 fully saturated rings. The standard InChI is InChI=1S/C17H20N2O2/c18-12-15-6-8-16(9-7-15)21-13-17(20)19-11-10-14-4-2-1-3-5-14/h4,6-9H,1-3,5,10-11,13H2,(H,19,20). The zero-order valence-electron chi connectivity index (χ0n) is 12.1. The first-order valence-electron chi connectivity index (χ1n) is 7.35. The molecule has 1 aromatic rings. The van der Waals surface area contributed by atoms with Gasteiger partial charge >= 0.3 is 0 Å². The minimum Gasteiger partial charge on any atom is -0.484 e. The second-order valence-corrected chi connectivity index (χ2v) is 5.13. The molecule has 1 aliphatic carbocycles. The van der Waals surface area contributed by atoms with Crippen molar-refractivity contribution in [3.05, 3.63) is 41.5 Å². The fourth-order valence-corrected chi connectivity index (χ4v) is 2.32. The normalized spacial score (nSPS) is 14.0. The number of carbonyl (C=O) groups excluding carboxylic acids is 1. The SMILES string of the molecule is N#Cc1ccc(OCC(=O)NCCC2=CCCCC2)cc1. The van der Waals surface area contributed by atoms with Crippen LogP contribution in [0.3, 0.4) is 0 Å². The van der Waals surface area contributed by atoms with Gasteiger partial charge in [0.15, 0.2) is 6.61 Å². The van der Waals surface area contributed by atoms with E-state index in [0.717, 1.165) is 12.8 Å². The smallest absolute Gasteiger partial charge is 0.257 e. The Labute approximate surface area is 125 Å². The summed E-state index contributed by atoms with van der Waals surface area (Å²) in [5.41, 5.74) is 2.03. The summed E-state index contributed by atoms with van der Waals surface area (Å²) in [5, 5.41) is 11.6. The summed E-state index contributed by atoms with van der Waals surface area (Å²) in [6.07, 6.45) is 8.12. The average molecular weight is 284 g/mol. The number of ether oxygens (including phenoxy) is 1. The lowest BCUT2D eigenvalue weighted by Gasteiger charge is -2.13. The van der Waals surface area contributed by atoms with E-state index in [2.05, 4.69) is 11.4 Å². The second-order valence-electron chi connectivity index (χ2n) is 5.13. The summed E-state index contributed by atoms with van der Waals surface area (Å²) >= 11 is 0. The molecule has 0 unspecified atom stereocenters. The molecular weight excluding hydrogens is 264 g/mol. The highest BCUT2D eigenvalue weighted by Crippen LogP contribution is 2.19. The van der Waals surface area contributed by atoms with Crippen LogP contribution in [0, 0.1) is 11.3 Å². The van der Waals surface area contributed by atoms with Crippen LogP contribution in [0.5, 0.6) is 5.75 Å². The van der Waals surface area contributed by atoms with E-state index in [4.69, 9.17) is 10.00 Å². The van der Waals surface area contributed by atoms with Crippen LogP contribution >= 0.6 is 0 Å². The lowest BCUT2D eigenvalue weighted by Crippen LogP contribution is -2.30. The fourth-order valence-electron chi connectivity index (χ4n) is 2.32. The zero-order valence-corrected chi connectivity index (χ0v) is 12.1. The second kappa shape index (κ2) is 8.11. The number of allylic oxidation sites excluding steroid dienone is 1. The first-order chi connectivity index (χ1) is 10.3. The lowest BCUT2D eigenvalue weighted by atomic mass is 9.97. The fraction of sp³-hybridized carbons (Fsp3) is 0.412. The van der Waals surface area contributed by atoms with Gasteiger partial charge in [0.2, 0.25) is 0 Å². The van der Waals surface area contributed by atoms with Crippen molar-refractivity contribution >= 4 is 5.91 Å². The van der Waals surface area contributed by atoms with Gasteiger partial charge in [0.05, 0.1) is 11.6 Å². The molecule has 1 amide bonds. The van der Waals surface area contributed by atoms with Crippen LogP contribution in [-0.2, 0) is 4.79 Å². The number of nitriles is 1. The Morgan fingerprint density at radius 1 is 1.29 bits per heavy atom. The molecule has 4 heteroatoms. The van der Waals surface area contributed by atoms with Gasteiger partial charge in [0.1, 0.15) is 5.75 Å². The van der Waals surface area contributed by atoms with Crippen molar-refractivity contribution in [1.82, 2.24) is 5.32 Å². The maximum Gasteiger partial charge on any atom is 0.257 e. The van der Waals surface area contributed by atoms with E-state index in [0.29, 0.717) is 17.9 Å². The average Bonchev–Trinajstić information content (AvgIpc) is 2.54. The summed E-state index contributed by atoms with van der Waals surface area (Å²) in [6, 6.07) is 8.76. The number of rotatable bonds is 6. The Hall–Kier alpha value is -2.28. The van der Waals surface area contributed by atoms with E-state index in [-0.39, 0.29) is 12.5 Å². The van der Waals surface area contributed by atoms with Crippen molar-refractivity contribution in [3.63, 3.8) is 0 Å². The van der Waals surface area contributed by atoms with Gasteiger partial charge in [-0.1, -0.05) is 11.6 Å². The van der Waals surface area contributed by atoms with E-state index in [1.54, 1.807) is 24.3 Å². The Kier molecular flexibility index (Phi) is 5.83. The van der Waals surface area contributed by atoms with E-state index in [1.807, 2.05) is 6.07 Å². The maximum atomic E-state index is 11.7. The molecule has 2 rings (SSSR count). The largest absolute Gasteiger partial charge is 0.484 e. The third-order valence-electron chi connectivity index (χ3n) is 3.51. The summed E-state index contributed by atoms with van der Waals surface area (Å²) < 4.78 is 5.37. The van der Waals surface area contributed by atoms with Crippen LogP contribution in [0.4, 0.5) is 0 Å². The van der Waals surface area contributed by atoms with Crippen LogP contribution in [-0.4, -0.2) is 19.1 Å².